The first-order valence-corrected chi connectivity index (χ1v) is 10.4. The molecule has 0 aliphatic carbocycles. The molecule has 0 aromatic carbocycles. The predicted molar refractivity (Wildman–Crippen MR) is 95.2 cm³/mol. The third-order valence-corrected chi connectivity index (χ3v) is 5.64. The summed E-state index contributed by atoms with van der Waals surface area (Å²) in [6, 6.07) is -0.301. The Bertz CT molecular complexity index is 332. The Labute approximate surface area is 140 Å². The van der Waals surface area contributed by atoms with Crippen LogP contribution in [0.3, 0.4) is 0 Å². The number of amides is 1. The van der Waals surface area contributed by atoms with Crippen LogP contribution in [0.15, 0.2) is 0 Å². The number of hydrogen-bond donors (Lipinski definition) is 1. The van der Waals surface area contributed by atoms with Crippen LogP contribution in [0.1, 0.15) is 44.9 Å². The maximum absolute atomic E-state index is 12.5. The first kappa shape index (κ1) is 18.1. The second-order valence-corrected chi connectivity index (χ2v) is 7.88. The summed E-state index contributed by atoms with van der Waals surface area (Å²) in [5.41, 5.74) is 6.07. The van der Waals surface area contributed by atoms with Gasteiger partial charge in [0.15, 0.2) is 0 Å². The molecule has 0 bridgehead atoms. The Morgan fingerprint density at radius 1 is 1.18 bits per heavy atom. The highest BCUT2D eigenvalue weighted by molar-refractivity contribution is 7.98. The van der Waals surface area contributed by atoms with Crippen molar-refractivity contribution >= 4 is 17.7 Å². The topological polar surface area (TPSA) is 49.6 Å². The summed E-state index contributed by atoms with van der Waals surface area (Å²) in [6.45, 7) is 5.49. The molecular formula is C17H33N3OS. The van der Waals surface area contributed by atoms with E-state index < -0.39 is 0 Å². The van der Waals surface area contributed by atoms with E-state index in [9.17, 15) is 4.79 Å². The van der Waals surface area contributed by atoms with Gasteiger partial charge in [-0.2, -0.15) is 11.8 Å². The minimum atomic E-state index is -0.301. The summed E-state index contributed by atoms with van der Waals surface area (Å²) in [5.74, 6) is 1.79. The fourth-order valence-electron chi connectivity index (χ4n) is 3.70. The third kappa shape index (κ3) is 5.74. The van der Waals surface area contributed by atoms with E-state index in [4.69, 9.17) is 5.73 Å². The molecule has 0 spiro atoms. The molecule has 0 aromatic heterocycles. The van der Waals surface area contributed by atoms with E-state index in [-0.39, 0.29) is 11.9 Å². The molecule has 128 valence electrons. The third-order valence-electron chi connectivity index (χ3n) is 5.00. The number of carbonyl (C=O) groups excluding carboxylic acids is 1. The number of rotatable bonds is 6. The van der Waals surface area contributed by atoms with Crippen molar-refractivity contribution in [3.63, 3.8) is 0 Å². The van der Waals surface area contributed by atoms with Crippen molar-refractivity contribution in [3.8, 4) is 0 Å². The Balaban J connectivity index is 1.79. The molecule has 1 amide bonds. The van der Waals surface area contributed by atoms with Crippen molar-refractivity contribution in [1.29, 1.82) is 0 Å². The summed E-state index contributed by atoms with van der Waals surface area (Å²) in [5, 5.41) is 0. The van der Waals surface area contributed by atoms with E-state index in [1.54, 1.807) is 11.8 Å². The Morgan fingerprint density at radius 2 is 1.91 bits per heavy atom. The van der Waals surface area contributed by atoms with Gasteiger partial charge < -0.3 is 15.5 Å². The molecule has 0 aromatic rings. The first-order chi connectivity index (χ1) is 10.7. The van der Waals surface area contributed by atoms with Crippen molar-refractivity contribution < 1.29 is 4.79 Å². The van der Waals surface area contributed by atoms with Crippen LogP contribution in [-0.2, 0) is 4.79 Å². The molecule has 2 aliphatic heterocycles. The quantitative estimate of drug-likeness (QED) is 0.812. The molecule has 0 saturated carbocycles. The summed E-state index contributed by atoms with van der Waals surface area (Å²) >= 11 is 1.76. The Morgan fingerprint density at radius 3 is 2.59 bits per heavy atom. The maximum Gasteiger partial charge on any atom is 0.239 e. The van der Waals surface area contributed by atoms with Crippen molar-refractivity contribution in [2.24, 2.45) is 11.7 Å². The highest BCUT2D eigenvalue weighted by Gasteiger charge is 2.28. The van der Waals surface area contributed by atoms with Gasteiger partial charge in [0.1, 0.15) is 0 Å². The minimum absolute atomic E-state index is 0.176. The molecule has 0 unspecified atom stereocenters. The van der Waals surface area contributed by atoms with Gasteiger partial charge in [0.05, 0.1) is 6.04 Å². The number of nitrogens with two attached hydrogens (primary N) is 1. The number of nitrogens with zero attached hydrogens (tertiary/aromatic N) is 2. The van der Waals surface area contributed by atoms with E-state index in [2.05, 4.69) is 11.2 Å². The second kappa shape index (κ2) is 9.78. The lowest BCUT2D eigenvalue weighted by Crippen LogP contribution is -2.49. The molecule has 2 N–H and O–H groups in total. The maximum atomic E-state index is 12.5. The molecule has 0 radical (unpaired) electrons. The lowest BCUT2D eigenvalue weighted by molar-refractivity contribution is -0.134. The van der Waals surface area contributed by atoms with Gasteiger partial charge in [-0.05, 0) is 63.1 Å². The molecule has 5 heteroatoms. The smallest absolute Gasteiger partial charge is 0.239 e. The van der Waals surface area contributed by atoms with Crippen LogP contribution in [0.2, 0.25) is 0 Å². The van der Waals surface area contributed by atoms with E-state index >= 15 is 0 Å². The second-order valence-electron chi connectivity index (χ2n) is 6.90. The average molecular weight is 328 g/mol. The number of thioether (sulfide) groups is 1. The SMILES string of the molecule is CSCC[C@@H](N)C(=O)N1CCC[C@H](CN2CCCCCC2)C1. The molecule has 2 heterocycles. The zero-order valence-electron chi connectivity index (χ0n) is 14.1. The van der Waals surface area contributed by atoms with Crippen LogP contribution < -0.4 is 5.73 Å². The van der Waals surface area contributed by atoms with Gasteiger partial charge in [0.25, 0.3) is 0 Å². The fourth-order valence-corrected chi connectivity index (χ4v) is 4.19. The van der Waals surface area contributed by atoms with Crippen LogP contribution in [0.5, 0.6) is 0 Å². The van der Waals surface area contributed by atoms with Crippen LogP contribution in [0.4, 0.5) is 0 Å². The molecule has 2 saturated heterocycles. The standard InChI is InChI=1S/C17H33N3OS/c1-22-12-8-16(18)17(21)20-11-6-7-15(14-20)13-19-9-4-2-3-5-10-19/h15-16H,2-14,18H2,1H3/t15-,16-/m1/s1. The molecule has 2 atom stereocenters. The highest BCUT2D eigenvalue weighted by atomic mass is 32.2. The zero-order chi connectivity index (χ0) is 15.8. The van der Waals surface area contributed by atoms with E-state index in [1.165, 1.54) is 51.7 Å². The molecule has 4 nitrogen and oxygen atoms in total. The molecule has 2 fully saturated rings. The molecular weight excluding hydrogens is 294 g/mol. The van der Waals surface area contributed by atoms with Gasteiger partial charge in [-0.3, -0.25) is 4.79 Å². The van der Waals surface area contributed by atoms with Gasteiger partial charge in [-0.25, -0.2) is 0 Å². The van der Waals surface area contributed by atoms with Crippen molar-refractivity contribution in [1.82, 2.24) is 9.80 Å². The molecule has 22 heavy (non-hydrogen) atoms. The lowest BCUT2D eigenvalue weighted by Gasteiger charge is -2.36. The average Bonchev–Trinajstić information content (AvgIpc) is 2.80. The minimum Gasteiger partial charge on any atom is -0.341 e. The van der Waals surface area contributed by atoms with Crippen LogP contribution in [0, 0.1) is 5.92 Å². The largest absolute Gasteiger partial charge is 0.341 e. The highest BCUT2D eigenvalue weighted by Crippen LogP contribution is 2.20. The van der Waals surface area contributed by atoms with Gasteiger partial charge in [0, 0.05) is 19.6 Å². The summed E-state index contributed by atoms with van der Waals surface area (Å²) < 4.78 is 0. The van der Waals surface area contributed by atoms with Crippen molar-refractivity contribution in [2.75, 3.05) is 44.7 Å². The van der Waals surface area contributed by atoms with E-state index in [1.807, 2.05) is 4.90 Å². The summed E-state index contributed by atoms with van der Waals surface area (Å²) in [4.78, 5) is 17.1. The zero-order valence-corrected chi connectivity index (χ0v) is 15.0. The van der Waals surface area contributed by atoms with Gasteiger partial charge >= 0.3 is 0 Å². The normalized spacial score (nSPS) is 25.7. The number of carbonyl (C=O) groups is 1. The summed E-state index contributed by atoms with van der Waals surface area (Å²) in [6.07, 6.45) is 10.7. The number of likely N-dealkylation sites (tertiary alicyclic amines) is 2. The van der Waals surface area contributed by atoms with Gasteiger partial charge in [-0.1, -0.05) is 12.8 Å². The number of piperidine rings is 1. The van der Waals surface area contributed by atoms with Crippen LogP contribution >= 0.6 is 11.8 Å². The Kier molecular flexibility index (Phi) is 8.04. The van der Waals surface area contributed by atoms with Crippen LogP contribution in [0.25, 0.3) is 0 Å². The lowest BCUT2D eigenvalue weighted by atomic mass is 9.96. The van der Waals surface area contributed by atoms with Crippen molar-refractivity contribution in [3.05, 3.63) is 0 Å². The summed E-state index contributed by atoms with van der Waals surface area (Å²) in [7, 11) is 0. The first-order valence-electron chi connectivity index (χ1n) is 8.96. The molecule has 2 rings (SSSR count). The van der Waals surface area contributed by atoms with Gasteiger partial charge in [0.2, 0.25) is 5.91 Å². The predicted octanol–water partition coefficient (Wildman–Crippen LogP) is 2.18. The Hall–Kier alpha value is -0.260. The fraction of sp³-hybridized carbons (Fsp3) is 0.941. The van der Waals surface area contributed by atoms with Crippen molar-refractivity contribution in [2.45, 2.75) is 51.0 Å². The van der Waals surface area contributed by atoms with Crippen LogP contribution in [-0.4, -0.2) is 66.5 Å². The molecule has 2 aliphatic rings. The van der Waals surface area contributed by atoms with E-state index in [0.717, 1.165) is 31.7 Å². The number of hydrogen-bond acceptors (Lipinski definition) is 4. The van der Waals surface area contributed by atoms with E-state index in [0.29, 0.717) is 5.92 Å². The monoisotopic (exact) mass is 327 g/mol. The van der Waals surface area contributed by atoms with Gasteiger partial charge in [-0.15, -0.1) is 0 Å².